The molecule has 1 aliphatic carbocycles. The molecule has 0 fully saturated rings. The molecule has 2 aromatic heterocycles. The van der Waals surface area contributed by atoms with E-state index in [0.29, 0.717) is 6.04 Å². The van der Waals surface area contributed by atoms with Crippen molar-refractivity contribution < 1.29 is 0 Å². The van der Waals surface area contributed by atoms with Gasteiger partial charge in [0, 0.05) is 33.5 Å². The lowest BCUT2D eigenvalue weighted by Gasteiger charge is -2.24. The van der Waals surface area contributed by atoms with Crippen molar-refractivity contribution in [1.82, 2.24) is 9.55 Å². The van der Waals surface area contributed by atoms with Gasteiger partial charge in [0.15, 0.2) is 0 Å². The van der Waals surface area contributed by atoms with Crippen LogP contribution in [0.5, 0.6) is 0 Å². The number of halogens is 1. The lowest BCUT2D eigenvalue weighted by Crippen LogP contribution is -2.15. The Bertz CT molecular complexity index is 849. The van der Waals surface area contributed by atoms with E-state index in [4.69, 9.17) is 0 Å². The van der Waals surface area contributed by atoms with E-state index in [0.717, 1.165) is 22.9 Å². The second-order valence-corrected chi connectivity index (χ2v) is 6.79. The Kier molecular flexibility index (Phi) is 3.37. The zero-order valence-electron chi connectivity index (χ0n) is 12.1. The van der Waals surface area contributed by atoms with Gasteiger partial charge >= 0.3 is 0 Å². The van der Waals surface area contributed by atoms with Gasteiger partial charge in [-0.1, -0.05) is 21.1 Å². The first-order valence-electron chi connectivity index (χ1n) is 7.52. The molecule has 22 heavy (non-hydrogen) atoms. The van der Waals surface area contributed by atoms with E-state index in [-0.39, 0.29) is 6.54 Å². The summed E-state index contributed by atoms with van der Waals surface area (Å²) < 4.78 is 3.33. The van der Waals surface area contributed by atoms with Gasteiger partial charge in [0.05, 0.1) is 6.04 Å². The third-order valence-corrected chi connectivity index (χ3v) is 5.01. The minimum atomic E-state index is 0.242. The Labute approximate surface area is 136 Å². The SMILES string of the molecule is O=NCc1ccn(C2CCCc3c2[nH]c2ccc(Br)cc32)c1. The fourth-order valence-corrected chi connectivity index (χ4v) is 3.89. The first-order valence-corrected chi connectivity index (χ1v) is 8.31. The summed E-state index contributed by atoms with van der Waals surface area (Å²) in [6, 6.07) is 8.70. The van der Waals surface area contributed by atoms with Crippen LogP contribution in [-0.2, 0) is 13.0 Å². The molecular weight excluding hydrogens is 342 g/mol. The van der Waals surface area contributed by atoms with E-state index in [1.807, 2.05) is 12.3 Å². The van der Waals surface area contributed by atoms with Crippen molar-refractivity contribution in [2.45, 2.75) is 31.8 Å². The van der Waals surface area contributed by atoms with Crippen molar-refractivity contribution in [1.29, 1.82) is 0 Å². The van der Waals surface area contributed by atoms with E-state index < -0.39 is 0 Å². The number of aromatic amines is 1. The zero-order chi connectivity index (χ0) is 15.1. The fraction of sp³-hybridized carbons (Fsp3) is 0.294. The summed E-state index contributed by atoms with van der Waals surface area (Å²) in [5, 5.41) is 4.29. The largest absolute Gasteiger partial charge is 0.356 e. The van der Waals surface area contributed by atoms with Crippen LogP contribution in [0.4, 0.5) is 0 Å². The Morgan fingerprint density at radius 1 is 1.36 bits per heavy atom. The van der Waals surface area contributed by atoms with Crippen LogP contribution >= 0.6 is 15.9 Å². The van der Waals surface area contributed by atoms with Gasteiger partial charge in [-0.25, -0.2) is 0 Å². The number of hydrogen-bond donors (Lipinski definition) is 1. The predicted octanol–water partition coefficient (Wildman–Crippen LogP) is 4.92. The molecule has 0 spiro atoms. The predicted molar refractivity (Wildman–Crippen MR) is 91.0 cm³/mol. The molecule has 1 aromatic carbocycles. The number of nitrogens with one attached hydrogen (secondary N) is 1. The van der Waals surface area contributed by atoms with Crippen LogP contribution in [0, 0.1) is 4.91 Å². The van der Waals surface area contributed by atoms with E-state index in [1.54, 1.807) is 0 Å². The van der Waals surface area contributed by atoms with Gasteiger partial charge < -0.3 is 9.55 Å². The maximum Gasteiger partial charge on any atom is 0.108 e. The summed E-state index contributed by atoms with van der Waals surface area (Å²) >= 11 is 3.57. The van der Waals surface area contributed by atoms with Gasteiger partial charge in [-0.15, -0.1) is 0 Å². The van der Waals surface area contributed by atoms with E-state index in [1.165, 1.54) is 28.6 Å². The third kappa shape index (κ3) is 2.20. The zero-order valence-corrected chi connectivity index (χ0v) is 13.6. The average molecular weight is 358 g/mol. The number of rotatable bonds is 3. The third-order valence-electron chi connectivity index (χ3n) is 4.52. The number of H-pyrrole nitrogens is 1. The summed E-state index contributed by atoms with van der Waals surface area (Å²) in [7, 11) is 0. The molecule has 0 aliphatic heterocycles. The molecule has 0 amide bonds. The van der Waals surface area contributed by atoms with Gasteiger partial charge in [-0.2, -0.15) is 4.91 Å². The van der Waals surface area contributed by atoms with Gasteiger partial charge in [0.1, 0.15) is 6.54 Å². The molecule has 0 bridgehead atoms. The number of aryl methyl sites for hydroxylation is 1. The molecule has 1 atom stereocenters. The van der Waals surface area contributed by atoms with Gasteiger partial charge in [-0.3, -0.25) is 0 Å². The summed E-state index contributed by atoms with van der Waals surface area (Å²) in [5.41, 5.74) is 4.90. The summed E-state index contributed by atoms with van der Waals surface area (Å²) in [5.74, 6) is 0. The number of hydrogen-bond acceptors (Lipinski definition) is 2. The minimum absolute atomic E-state index is 0.242. The number of aromatic nitrogens is 2. The fourth-order valence-electron chi connectivity index (χ4n) is 3.53. The van der Waals surface area contributed by atoms with Crippen LogP contribution in [-0.4, -0.2) is 9.55 Å². The van der Waals surface area contributed by atoms with Gasteiger partial charge in [-0.05, 0) is 54.7 Å². The maximum atomic E-state index is 10.4. The van der Waals surface area contributed by atoms with Gasteiger partial charge in [0.2, 0.25) is 0 Å². The Morgan fingerprint density at radius 2 is 2.27 bits per heavy atom. The molecule has 1 aliphatic rings. The molecule has 0 saturated carbocycles. The Morgan fingerprint density at radius 3 is 3.14 bits per heavy atom. The maximum absolute atomic E-state index is 10.4. The topological polar surface area (TPSA) is 50.1 Å². The van der Waals surface area contributed by atoms with Crippen molar-refractivity contribution >= 4 is 26.8 Å². The lowest BCUT2D eigenvalue weighted by molar-refractivity contribution is 0.483. The minimum Gasteiger partial charge on any atom is -0.356 e. The van der Waals surface area contributed by atoms with Crippen molar-refractivity contribution in [3.05, 3.63) is 62.9 Å². The molecule has 1 unspecified atom stereocenters. The quantitative estimate of drug-likeness (QED) is 0.664. The first kappa shape index (κ1) is 13.8. The standard InChI is InChI=1S/C17H16BrN3O/c18-12-4-5-15-14(8-12)13-2-1-3-16(17(13)20-15)21-7-6-11(10-21)9-19-22/h4-8,10,16,20H,1-3,9H2. The van der Waals surface area contributed by atoms with Crippen molar-refractivity contribution in [3.8, 4) is 0 Å². The van der Waals surface area contributed by atoms with E-state index in [2.05, 4.69) is 55.1 Å². The second-order valence-electron chi connectivity index (χ2n) is 5.87. The Balaban J connectivity index is 1.81. The smallest absolute Gasteiger partial charge is 0.108 e. The van der Waals surface area contributed by atoms with Crippen LogP contribution in [0.25, 0.3) is 10.9 Å². The van der Waals surface area contributed by atoms with Crippen molar-refractivity contribution in [2.75, 3.05) is 0 Å². The summed E-state index contributed by atoms with van der Waals surface area (Å²) in [6.45, 7) is 0.242. The number of fused-ring (bicyclic) bond motifs is 3. The van der Waals surface area contributed by atoms with Crippen LogP contribution in [0.3, 0.4) is 0 Å². The normalized spacial score (nSPS) is 17.6. The van der Waals surface area contributed by atoms with E-state index in [9.17, 15) is 4.91 Å². The van der Waals surface area contributed by atoms with Crippen LogP contribution in [0.1, 0.15) is 35.7 Å². The molecule has 112 valence electrons. The summed E-state index contributed by atoms with van der Waals surface area (Å²) in [6.07, 6.45) is 7.51. The van der Waals surface area contributed by atoms with Crippen LogP contribution in [0.2, 0.25) is 0 Å². The highest BCUT2D eigenvalue weighted by atomic mass is 79.9. The number of benzene rings is 1. The van der Waals surface area contributed by atoms with Crippen LogP contribution in [0.15, 0.2) is 46.3 Å². The monoisotopic (exact) mass is 357 g/mol. The molecule has 0 saturated heterocycles. The molecule has 3 aromatic rings. The van der Waals surface area contributed by atoms with Crippen molar-refractivity contribution in [3.63, 3.8) is 0 Å². The van der Waals surface area contributed by atoms with E-state index >= 15 is 0 Å². The molecule has 1 N–H and O–H groups in total. The molecular formula is C17H16BrN3O. The highest BCUT2D eigenvalue weighted by Crippen LogP contribution is 2.37. The lowest BCUT2D eigenvalue weighted by atomic mass is 9.91. The van der Waals surface area contributed by atoms with Crippen LogP contribution < -0.4 is 0 Å². The molecule has 5 heteroatoms. The average Bonchev–Trinajstić information content (AvgIpc) is 3.12. The highest BCUT2D eigenvalue weighted by Gasteiger charge is 2.25. The molecule has 2 heterocycles. The molecule has 4 rings (SSSR count). The Hall–Kier alpha value is -1.88. The molecule has 4 nitrogen and oxygen atoms in total. The number of nitroso groups, excluding NO2 is 1. The van der Waals surface area contributed by atoms with Crippen molar-refractivity contribution in [2.24, 2.45) is 5.18 Å². The number of nitrogens with zero attached hydrogens (tertiary/aromatic N) is 2. The second kappa shape index (κ2) is 5.39. The van der Waals surface area contributed by atoms with Gasteiger partial charge in [0.25, 0.3) is 0 Å². The highest BCUT2D eigenvalue weighted by molar-refractivity contribution is 9.10. The summed E-state index contributed by atoms with van der Waals surface area (Å²) in [4.78, 5) is 14.0. The molecule has 0 radical (unpaired) electrons. The first-order chi connectivity index (χ1) is 10.8.